The van der Waals surface area contributed by atoms with Gasteiger partial charge in [0.15, 0.2) is 0 Å². The predicted molar refractivity (Wildman–Crippen MR) is 46.5 cm³/mol. The van der Waals surface area contributed by atoms with Crippen molar-refractivity contribution in [2.24, 2.45) is 16.6 Å². The van der Waals surface area contributed by atoms with Crippen molar-refractivity contribution >= 4 is 5.71 Å². The Labute approximate surface area is 75.3 Å². The van der Waals surface area contributed by atoms with Gasteiger partial charge < -0.3 is 5.73 Å². The molecule has 13 heavy (non-hydrogen) atoms. The third-order valence-electron chi connectivity index (χ3n) is 1.74. The van der Waals surface area contributed by atoms with E-state index >= 15 is 0 Å². The third-order valence-corrected chi connectivity index (χ3v) is 1.74. The summed E-state index contributed by atoms with van der Waals surface area (Å²) in [6, 6.07) is -0.583. The fraction of sp³-hybridized carbons (Fsp3) is 0.625. The van der Waals surface area contributed by atoms with Crippen LogP contribution in [0.2, 0.25) is 0 Å². The highest BCUT2D eigenvalue weighted by atomic mass is 19.4. The van der Waals surface area contributed by atoms with Gasteiger partial charge in [0.2, 0.25) is 0 Å². The average molecular weight is 194 g/mol. The van der Waals surface area contributed by atoms with Gasteiger partial charge in [0.1, 0.15) is 5.71 Å². The van der Waals surface area contributed by atoms with Gasteiger partial charge in [0, 0.05) is 18.2 Å². The number of alkyl halides is 3. The van der Waals surface area contributed by atoms with Crippen molar-refractivity contribution < 1.29 is 13.2 Å². The Morgan fingerprint density at radius 2 is 1.92 bits per heavy atom. The normalized spacial score (nSPS) is 18.2. The second-order valence-electron chi connectivity index (χ2n) is 2.84. The zero-order valence-corrected chi connectivity index (χ0v) is 7.60. The number of hydrogen-bond donors (Lipinski definition) is 1. The van der Waals surface area contributed by atoms with Gasteiger partial charge in [0.05, 0.1) is 0 Å². The topological polar surface area (TPSA) is 38.4 Å². The van der Waals surface area contributed by atoms with Gasteiger partial charge in [-0.2, -0.15) is 13.2 Å². The molecule has 0 aromatic carbocycles. The summed E-state index contributed by atoms with van der Waals surface area (Å²) in [5.74, 6) is -0.821. The lowest BCUT2D eigenvalue weighted by atomic mass is 9.98. The summed E-state index contributed by atoms with van der Waals surface area (Å²) in [4.78, 5) is 3.19. The number of nitrogens with two attached hydrogens (primary N) is 1. The van der Waals surface area contributed by atoms with Gasteiger partial charge in [-0.05, 0) is 6.92 Å². The second-order valence-corrected chi connectivity index (χ2v) is 2.84. The molecular weight excluding hydrogens is 181 g/mol. The molecule has 0 spiro atoms. The minimum absolute atomic E-state index is 0.583. The van der Waals surface area contributed by atoms with Crippen LogP contribution in [0, 0.1) is 5.92 Å². The maximum atomic E-state index is 12.3. The Kier molecular flexibility index (Phi) is 4.13. The van der Waals surface area contributed by atoms with Crippen LogP contribution in [0.3, 0.4) is 0 Å². The summed E-state index contributed by atoms with van der Waals surface area (Å²) in [6.07, 6.45) is -3.55. The molecular formula is C8H13F3N2. The van der Waals surface area contributed by atoms with E-state index in [0.29, 0.717) is 0 Å². The van der Waals surface area contributed by atoms with Crippen LogP contribution in [0.5, 0.6) is 0 Å². The maximum absolute atomic E-state index is 12.3. The molecule has 2 unspecified atom stereocenters. The number of aliphatic imine (C=N–C) groups is 1. The molecule has 0 rings (SSSR count). The highest BCUT2D eigenvalue weighted by Crippen LogP contribution is 2.23. The highest BCUT2D eigenvalue weighted by molar-refractivity contribution is 5.92. The van der Waals surface area contributed by atoms with Crippen molar-refractivity contribution in [3.8, 4) is 0 Å². The SMILES string of the molecule is C=CN=C(C(C)C(C)N)C(F)(F)F. The fourth-order valence-corrected chi connectivity index (χ4v) is 0.796. The molecule has 2 N–H and O–H groups in total. The van der Waals surface area contributed by atoms with E-state index in [1.807, 2.05) is 0 Å². The molecule has 0 aromatic rings. The van der Waals surface area contributed by atoms with Gasteiger partial charge in [0.25, 0.3) is 0 Å². The predicted octanol–water partition coefficient (Wildman–Crippen LogP) is 2.12. The molecule has 0 amide bonds. The first-order valence-corrected chi connectivity index (χ1v) is 3.82. The van der Waals surface area contributed by atoms with Gasteiger partial charge in [-0.15, -0.1) is 0 Å². The van der Waals surface area contributed by atoms with Crippen LogP contribution in [0.1, 0.15) is 13.8 Å². The fourth-order valence-electron chi connectivity index (χ4n) is 0.796. The molecule has 0 radical (unpaired) electrons. The summed E-state index contributed by atoms with van der Waals surface area (Å²) < 4.78 is 36.9. The lowest BCUT2D eigenvalue weighted by Crippen LogP contribution is -2.38. The molecule has 76 valence electrons. The van der Waals surface area contributed by atoms with Crippen LogP contribution in [0.15, 0.2) is 17.8 Å². The van der Waals surface area contributed by atoms with E-state index in [0.717, 1.165) is 6.20 Å². The van der Waals surface area contributed by atoms with Gasteiger partial charge in [-0.1, -0.05) is 13.5 Å². The molecule has 5 heteroatoms. The molecule has 0 heterocycles. The smallest absolute Gasteiger partial charge is 0.327 e. The number of rotatable bonds is 3. The van der Waals surface area contributed by atoms with Crippen molar-refractivity contribution in [1.82, 2.24) is 0 Å². The summed E-state index contributed by atoms with van der Waals surface area (Å²) in [5.41, 5.74) is 4.47. The van der Waals surface area contributed by atoms with Crippen molar-refractivity contribution in [1.29, 1.82) is 0 Å². The molecule has 0 saturated heterocycles. The van der Waals surface area contributed by atoms with Gasteiger partial charge >= 0.3 is 6.18 Å². The second kappa shape index (κ2) is 4.41. The van der Waals surface area contributed by atoms with E-state index in [2.05, 4.69) is 11.6 Å². The van der Waals surface area contributed by atoms with E-state index in [1.165, 1.54) is 13.8 Å². The first-order chi connectivity index (χ1) is 5.80. The van der Waals surface area contributed by atoms with Crippen LogP contribution < -0.4 is 5.73 Å². The van der Waals surface area contributed by atoms with Crippen LogP contribution >= 0.6 is 0 Å². The summed E-state index contributed by atoms with van der Waals surface area (Å²) in [6.45, 7) is 6.03. The van der Waals surface area contributed by atoms with Crippen LogP contribution in [-0.4, -0.2) is 17.9 Å². The molecule has 0 aliphatic carbocycles. The Morgan fingerprint density at radius 1 is 1.46 bits per heavy atom. The minimum Gasteiger partial charge on any atom is -0.327 e. The standard InChI is InChI=1S/C8H13F3N2/c1-4-13-7(8(9,10)11)5(2)6(3)12/h4-6H,1,12H2,2-3H3. The van der Waals surface area contributed by atoms with E-state index in [4.69, 9.17) is 5.73 Å². The largest absolute Gasteiger partial charge is 0.429 e. The first-order valence-electron chi connectivity index (χ1n) is 3.82. The zero-order chi connectivity index (χ0) is 10.6. The van der Waals surface area contributed by atoms with Crippen molar-refractivity contribution in [3.05, 3.63) is 12.8 Å². The molecule has 2 atom stereocenters. The first kappa shape index (κ1) is 12.2. The molecule has 0 aliphatic heterocycles. The summed E-state index contributed by atoms with van der Waals surface area (Å²) >= 11 is 0. The zero-order valence-electron chi connectivity index (χ0n) is 7.60. The molecule has 0 saturated carbocycles. The number of halogens is 3. The quantitative estimate of drug-likeness (QED) is 0.686. The van der Waals surface area contributed by atoms with Crippen LogP contribution in [0.4, 0.5) is 13.2 Å². The molecule has 0 aliphatic rings. The maximum Gasteiger partial charge on any atom is 0.429 e. The average Bonchev–Trinajstić information content (AvgIpc) is 1.96. The number of nitrogens with zero attached hydrogens (tertiary/aromatic N) is 1. The van der Waals surface area contributed by atoms with Crippen molar-refractivity contribution in [3.63, 3.8) is 0 Å². The Morgan fingerprint density at radius 3 is 2.15 bits per heavy atom. The molecule has 0 fully saturated rings. The summed E-state index contributed by atoms with van der Waals surface area (Å²) in [5, 5.41) is 0. The Hall–Kier alpha value is -0.840. The molecule has 2 nitrogen and oxygen atoms in total. The van der Waals surface area contributed by atoms with E-state index < -0.39 is 23.8 Å². The van der Waals surface area contributed by atoms with Crippen molar-refractivity contribution in [2.45, 2.75) is 26.1 Å². The highest BCUT2D eigenvalue weighted by Gasteiger charge is 2.39. The molecule has 0 aromatic heterocycles. The van der Waals surface area contributed by atoms with E-state index in [-0.39, 0.29) is 0 Å². The molecule has 0 bridgehead atoms. The van der Waals surface area contributed by atoms with Crippen LogP contribution in [0.25, 0.3) is 0 Å². The van der Waals surface area contributed by atoms with E-state index in [9.17, 15) is 13.2 Å². The monoisotopic (exact) mass is 194 g/mol. The lowest BCUT2D eigenvalue weighted by Gasteiger charge is -2.19. The summed E-state index contributed by atoms with van der Waals surface area (Å²) in [7, 11) is 0. The third kappa shape index (κ3) is 3.59. The van der Waals surface area contributed by atoms with Gasteiger partial charge in [-0.25, -0.2) is 0 Å². The number of hydrogen-bond acceptors (Lipinski definition) is 2. The van der Waals surface area contributed by atoms with Crippen molar-refractivity contribution in [2.75, 3.05) is 0 Å². The Bertz CT molecular complexity index is 206. The van der Waals surface area contributed by atoms with E-state index in [1.54, 1.807) is 0 Å². The minimum atomic E-state index is -4.43. The van der Waals surface area contributed by atoms with Crippen LogP contribution in [-0.2, 0) is 0 Å². The Balaban J connectivity index is 4.83. The lowest BCUT2D eigenvalue weighted by molar-refractivity contribution is -0.0629. The van der Waals surface area contributed by atoms with Gasteiger partial charge in [-0.3, -0.25) is 4.99 Å².